The molecular weight excluding hydrogens is 376 g/mol. The van der Waals surface area contributed by atoms with Crippen LogP contribution in [-0.4, -0.2) is 38.2 Å². The monoisotopic (exact) mass is 392 g/mol. The summed E-state index contributed by atoms with van der Waals surface area (Å²) < 4.78 is 33.4. The summed E-state index contributed by atoms with van der Waals surface area (Å²) >= 11 is 0. The van der Waals surface area contributed by atoms with Crippen molar-refractivity contribution in [1.29, 1.82) is 0 Å². The second kappa shape index (κ2) is 8.08. The number of pyridine rings is 2. The van der Waals surface area contributed by atoms with Crippen LogP contribution in [0.15, 0.2) is 53.7 Å². The Kier molecular flexibility index (Phi) is 6.05. The average molecular weight is 392 g/mol. The third-order valence-corrected chi connectivity index (χ3v) is 3.67. The van der Waals surface area contributed by atoms with Crippen LogP contribution < -0.4 is 5.43 Å². The molecule has 1 aromatic carbocycles. The van der Waals surface area contributed by atoms with Crippen LogP contribution in [0.3, 0.4) is 0 Å². The Hall–Kier alpha value is -3.08. The van der Waals surface area contributed by atoms with Crippen molar-refractivity contribution in [2.45, 2.75) is 13.5 Å². The van der Waals surface area contributed by atoms with E-state index in [1.54, 1.807) is 23.0 Å². The lowest BCUT2D eigenvalue weighted by Gasteiger charge is -2.11. The maximum atomic E-state index is 12.3. The summed E-state index contributed by atoms with van der Waals surface area (Å²) in [6.45, 7) is 2.49. The molecular formula is C17H16N2O7S. The number of rotatable bonds is 3. The van der Waals surface area contributed by atoms with E-state index in [1.165, 1.54) is 6.20 Å². The highest BCUT2D eigenvalue weighted by molar-refractivity contribution is 7.79. The molecule has 0 atom stereocenters. The van der Waals surface area contributed by atoms with Gasteiger partial charge < -0.3 is 9.67 Å². The Morgan fingerprint density at radius 2 is 1.70 bits per heavy atom. The molecule has 0 aliphatic carbocycles. The zero-order valence-corrected chi connectivity index (χ0v) is 14.9. The number of hydrogen-bond acceptors (Lipinski definition) is 5. The number of aromatic carboxylic acids is 1. The fourth-order valence-corrected chi connectivity index (χ4v) is 2.53. The molecule has 0 spiro atoms. The SMILES string of the molecule is CCn1cc(C(=O)O)c(=O)c2ccc(-c3ccncc3)cc21.O=S(=O)(O)O. The number of fused-ring (bicyclic) bond motifs is 1. The minimum atomic E-state index is -4.67. The van der Waals surface area contributed by atoms with Crippen LogP contribution in [0.1, 0.15) is 17.3 Å². The van der Waals surface area contributed by atoms with Crippen molar-refractivity contribution in [1.82, 2.24) is 9.55 Å². The lowest BCUT2D eigenvalue weighted by Crippen LogP contribution is -2.18. The topological polar surface area (TPSA) is 147 Å². The Balaban J connectivity index is 0.000000465. The molecule has 3 aromatic rings. The van der Waals surface area contributed by atoms with Gasteiger partial charge in [-0.3, -0.25) is 18.9 Å². The number of nitrogens with zero attached hydrogens (tertiary/aromatic N) is 2. The first-order valence-electron chi connectivity index (χ1n) is 7.62. The van der Waals surface area contributed by atoms with Crippen LogP contribution in [0, 0.1) is 0 Å². The molecule has 142 valence electrons. The summed E-state index contributed by atoms with van der Waals surface area (Å²) in [7, 11) is -4.67. The summed E-state index contributed by atoms with van der Waals surface area (Å²) in [4.78, 5) is 27.5. The molecule has 2 aromatic heterocycles. The van der Waals surface area contributed by atoms with Crippen molar-refractivity contribution >= 4 is 27.3 Å². The van der Waals surface area contributed by atoms with E-state index in [4.69, 9.17) is 22.6 Å². The van der Waals surface area contributed by atoms with Gasteiger partial charge in [0.05, 0.1) is 5.52 Å². The molecule has 10 heteroatoms. The Bertz CT molecular complexity index is 1130. The summed E-state index contributed by atoms with van der Waals surface area (Å²) in [5.41, 5.74) is 2.03. The standard InChI is InChI=1S/C17H14N2O3.H2O4S/c1-2-19-10-14(17(21)22)16(20)13-4-3-12(9-15(13)19)11-5-7-18-8-6-11;1-5(2,3)4/h3-10H,2H2,1H3,(H,21,22);(H2,1,2,3,4). The van der Waals surface area contributed by atoms with Gasteiger partial charge in [-0.05, 0) is 42.3 Å². The first kappa shape index (κ1) is 20.2. The van der Waals surface area contributed by atoms with Crippen LogP contribution in [0.5, 0.6) is 0 Å². The van der Waals surface area contributed by atoms with Gasteiger partial charge in [0, 0.05) is 30.5 Å². The maximum absolute atomic E-state index is 12.3. The van der Waals surface area contributed by atoms with Crippen LogP contribution in [-0.2, 0) is 16.9 Å². The van der Waals surface area contributed by atoms with Crippen LogP contribution >= 0.6 is 0 Å². The van der Waals surface area contributed by atoms with Crippen molar-refractivity contribution in [3.05, 3.63) is 64.7 Å². The van der Waals surface area contributed by atoms with Gasteiger partial charge in [0.25, 0.3) is 0 Å². The summed E-state index contributed by atoms with van der Waals surface area (Å²) in [5, 5.41) is 9.57. The average Bonchev–Trinajstić information content (AvgIpc) is 2.61. The van der Waals surface area contributed by atoms with E-state index in [9.17, 15) is 9.59 Å². The van der Waals surface area contributed by atoms with Crippen molar-refractivity contribution < 1.29 is 27.4 Å². The fourth-order valence-electron chi connectivity index (χ4n) is 2.53. The lowest BCUT2D eigenvalue weighted by atomic mass is 10.0. The first-order chi connectivity index (χ1) is 12.6. The van der Waals surface area contributed by atoms with Gasteiger partial charge in [-0.15, -0.1) is 0 Å². The predicted octanol–water partition coefficient (Wildman–Crippen LogP) is 2.13. The number of hydrogen-bond donors (Lipinski definition) is 3. The molecule has 3 N–H and O–H groups in total. The van der Waals surface area contributed by atoms with Crippen molar-refractivity contribution in [3.8, 4) is 11.1 Å². The Labute approximate surface area is 154 Å². The molecule has 9 nitrogen and oxygen atoms in total. The molecule has 3 rings (SSSR count). The minimum absolute atomic E-state index is 0.203. The zero-order chi connectivity index (χ0) is 20.2. The molecule has 0 unspecified atom stereocenters. The van der Waals surface area contributed by atoms with E-state index in [-0.39, 0.29) is 5.56 Å². The van der Waals surface area contributed by atoms with Gasteiger partial charge >= 0.3 is 16.4 Å². The summed E-state index contributed by atoms with van der Waals surface area (Å²) in [6.07, 6.45) is 4.82. The molecule has 0 radical (unpaired) electrons. The lowest BCUT2D eigenvalue weighted by molar-refractivity contribution is 0.0694. The third kappa shape index (κ3) is 5.20. The minimum Gasteiger partial charge on any atom is -0.477 e. The van der Waals surface area contributed by atoms with Crippen LogP contribution in [0.4, 0.5) is 0 Å². The number of aromatic nitrogens is 2. The molecule has 27 heavy (non-hydrogen) atoms. The summed E-state index contributed by atoms with van der Waals surface area (Å²) in [6, 6.07) is 9.19. The van der Waals surface area contributed by atoms with Gasteiger partial charge in [-0.25, -0.2) is 4.79 Å². The number of benzene rings is 1. The number of carbonyl (C=O) groups is 1. The summed E-state index contributed by atoms with van der Waals surface area (Å²) in [5.74, 6) is -1.20. The Morgan fingerprint density at radius 3 is 2.22 bits per heavy atom. The number of aryl methyl sites for hydroxylation is 1. The van der Waals surface area contributed by atoms with E-state index < -0.39 is 21.8 Å². The van der Waals surface area contributed by atoms with Gasteiger partial charge in [-0.2, -0.15) is 8.42 Å². The van der Waals surface area contributed by atoms with Crippen molar-refractivity contribution in [2.24, 2.45) is 0 Å². The van der Waals surface area contributed by atoms with E-state index in [0.717, 1.165) is 16.6 Å². The van der Waals surface area contributed by atoms with Gasteiger partial charge in [0.15, 0.2) is 0 Å². The highest BCUT2D eigenvalue weighted by Crippen LogP contribution is 2.23. The van der Waals surface area contributed by atoms with Crippen LogP contribution in [0.25, 0.3) is 22.0 Å². The van der Waals surface area contributed by atoms with E-state index in [2.05, 4.69) is 4.98 Å². The highest BCUT2D eigenvalue weighted by Gasteiger charge is 2.14. The normalized spacial score (nSPS) is 10.9. The molecule has 0 amide bonds. The smallest absolute Gasteiger partial charge is 0.394 e. The molecule has 0 saturated heterocycles. The fraction of sp³-hybridized carbons (Fsp3) is 0.118. The van der Waals surface area contributed by atoms with E-state index in [1.807, 2.05) is 31.2 Å². The Morgan fingerprint density at radius 1 is 1.11 bits per heavy atom. The number of carboxylic acids is 1. The van der Waals surface area contributed by atoms with E-state index >= 15 is 0 Å². The predicted molar refractivity (Wildman–Crippen MR) is 98.2 cm³/mol. The molecule has 0 saturated carbocycles. The van der Waals surface area contributed by atoms with Gasteiger partial charge in [-0.1, -0.05) is 6.07 Å². The van der Waals surface area contributed by atoms with Crippen molar-refractivity contribution in [2.75, 3.05) is 0 Å². The van der Waals surface area contributed by atoms with Gasteiger partial charge in [0.2, 0.25) is 5.43 Å². The molecule has 0 fully saturated rings. The van der Waals surface area contributed by atoms with Crippen molar-refractivity contribution in [3.63, 3.8) is 0 Å². The largest absolute Gasteiger partial charge is 0.477 e. The van der Waals surface area contributed by atoms with Gasteiger partial charge in [0.1, 0.15) is 5.56 Å². The quantitative estimate of drug-likeness (QED) is 0.574. The third-order valence-electron chi connectivity index (χ3n) is 3.67. The molecule has 0 bridgehead atoms. The maximum Gasteiger partial charge on any atom is 0.394 e. The second-order valence-corrected chi connectivity index (χ2v) is 6.27. The van der Waals surface area contributed by atoms with Crippen LogP contribution in [0.2, 0.25) is 0 Å². The highest BCUT2D eigenvalue weighted by atomic mass is 32.3. The molecule has 0 aliphatic rings. The molecule has 2 heterocycles. The second-order valence-electron chi connectivity index (χ2n) is 5.38. The number of carboxylic acid groups (broad SMARTS) is 1. The zero-order valence-electron chi connectivity index (χ0n) is 14.1. The van der Waals surface area contributed by atoms with E-state index in [0.29, 0.717) is 11.9 Å². The first-order valence-corrected chi connectivity index (χ1v) is 9.02. The molecule has 0 aliphatic heterocycles.